The molecule has 2 aliphatic rings. The summed E-state index contributed by atoms with van der Waals surface area (Å²) in [5, 5.41) is 13.3. The SMILES string of the molecule is N#Cc1c(NC(=O)CN2CCOc3ccccc3C2)sc2c1CCCCC2. The molecule has 1 aromatic carbocycles. The van der Waals surface area contributed by atoms with Crippen LogP contribution in [0, 0.1) is 11.3 Å². The first-order valence-corrected chi connectivity index (χ1v) is 10.3. The van der Waals surface area contributed by atoms with Crippen LogP contribution in [-0.2, 0) is 24.2 Å². The number of nitrogens with one attached hydrogen (secondary N) is 1. The van der Waals surface area contributed by atoms with Crippen LogP contribution in [0.15, 0.2) is 24.3 Å². The number of carbonyl (C=O) groups excluding carboxylic acids is 1. The van der Waals surface area contributed by atoms with Gasteiger partial charge >= 0.3 is 0 Å². The maximum Gasteiger partial charge on any atom is 0.239 e. The molecule has 2 heterocycles. The van der Waals surface area contributed by atoms with Crippen LogP contribution in [0.5, 0.6) is 5.75 Å². The zero-order valence-electron chi connectivity index (χ0n) is 15.3. The Hall–Kier alpha value is -2.36. The number of amides is 1. The summed E-state index contributed by atoms with van der Waals surface area (Å²) in [4.78, 5) is 16.0. The van der Waals surface area contributed by atoms with E-state index in [1.54, 1.807) is 11.3 Å². The summed E-state index contributed by atoms with van der Waals surface area (Å²) < 4.78 is 5.77. The number of aryl methyl sites for hydroxylation is 1. The molecule has 1 aliphatic heterocycles. The molecule has 1 N–H and O–H groups in total. The van der Waals surface area contributed by atoms with E-state index in [4.69, 9.17) is 4.74 Å². The number of rotatable bonds is 3. The zero-order valence-corrected chi connectivity index (χ0v) is 16.1. The minimum atomic E-state index is -0.0673. The Morgan fingerprint density at radius 3 is 3.00 bits per heavy atom. The van der Waals surface area contributed by atoms with Gasteiger partial charge in [0.2, 0.25) is 5.91 Å². The molecule has 1 amide bonds. The van der Waals surface area contributed by atoms with Crippen molar-refractivity contribution in [2.24, 2.45) is 0 Å². The number of nitrogens with zero attached hydrogens (tertiary/aromatic N) is 2. The van der Waals surface area contributed by atoms with Crippen molar-refractivity contribution in [1.29, 1.82) is 5.26 Å². The zero-order chi connectivity index (χ0) is 18.6. The van der Waals surface area contributed by atoms with E-state index in [-0.39, 0.29) is 5.91 Å². The summed E-state index contributed by atoms with van der Waals surface area (Å²) in [5.74, 6) is 0.830. The van der Waals surface area contributed by atoms with Gasteiger partial charge in [-0.15, -0.1) is 11.3 Å². The summed E-state index contributed by atoms with van der Waals surface area (Å²) in [7, 11) is 0. The third kappa shape index (κ3) is 4.00. The van der Waals surface area contributed by atoms with Gasteiger partial charge in [-0.2, -0.15) is 5.26 Å². The average molecular weight is 382 g/mol. The molecule has 4 rings (SSSR count). The van der Waals surface area contributed by atoms with Crippen LogP contribution in [0.25, 0.3) is 0 Å². The van der Waals surface area contributed by atoms with Crippen LogP contribution in [0.2, 0.25) is 0 Å². The minimum absolute atomic E-state index is 0.0673. The fraction of sp³-hybridized carbons (Fsp3) is 0.429. The first-order valence-electron chi connectivity index (χ1n) is 9.52. The largest absolute Gasteiger partial charge is 0.492 e. The van der Waals surface area contributed by atoms with Gasteiger partial charge in [0.1, 0.15) is 23.4 Å². The topological polar surface area (TPSA) is 65.4 Å². The molecule has 0 fully saturated rings. The van der Waals surface area contributed by atoms with Crippen LogP contribution in [0.1, 0.15) is 40.8 Å². The molecular weight excluding hydrogens is 358 g/mol. The first kappa shape index (κ1) is 18.0. The molecule has 0 unspecified atom stereocenters. The Bertz CT molecular complexity index is 884. The highest BCUT2D eigenvalue weighted by atomic mass is 32.1. The summed E-state index contributed by atoms with van der Waals surface area (Å²) in [6, 6.07) is 10.3. The minimum Gasteiger partial charge on any atom is -0.492 e. The van der Waals surface area contributed by atoms with E-state index in [1.807, 2.05) is 24.3 Å². The fourth-order valence-electron chi connectivity index (χ4n) is 3.83. The van der Waals surface area contributed by atoms with E-state index >= 15 is 0 Å². The van der Waals surface area contributed by atoms with Crippen LogP contribution in [0.4, 0.5) is 5.00 Å². The smallest absolute Gasteiger partial charge is 0.239 e. The molecule has 0 radical (unpaired) electrons. The molecule has 5 nitrogen and oxygen atoms in total. The molecule has 0 bridgehead atoms. The number of hydrogen-bond donors (Lipinski definition) is 1. The van der Waals surface area contributed by atoms with Crippen molar-refractivity contribution in [1.82, 2.24) is 4.90 Å². The van der Waals surface area contributed by atoms with Crippen LogP contribution in [-0.4, -0.2) is 30.5 Å². The van der Waals surface area contributed by atoms with Gasteiger partial charge in [0.05, 0.1) is 12.1 Å². The molecule has 1 aliphatic carbocycles. The Labute approximate surface area is 163 Å². The summed E-state index contributed by atoms with van der Waals surface area (Å²) in [6.07, 6.45) is 5.47. The van der Waals surface area contributed by atoms with Crippen molar-refractivity contribution >= 4 is 22.2 Å². The normalized spacial score (nSPS) is 16.9. The third-order valence-electron chi connectivity index (χ3n) is 5.18. The molecule has 140 valence electrons. The lowest BCUT2D eigenvalue weighted by atomic mass is 10.1. The number of nitriles is 1. The molecular formula is C21H23N3O2S. The van der Waals surface area contributed by atoms with Gasteiger partial charge in [-0.25, -0.2) is 0 Å². The predicted molar refractivity (Wildman–Crippen MR) is 106 cm³/mol. The molecule has 0 saturated heterocycles. The molecule has 0 spiro atoms. The van der Waals surface area contributed by atoms with Crippen molar-refractivity contribution in [2.45, 2.75) is 38.6 Å². The number of hydrogen-bond acceptors (Lipinski definition) is 5. The summed E-state index contributed by atoms with van der Waals surface area (Å²) in [6.45, 7) is 2.26. The van der Waals surface area contributed by atoms with E-state index in [0.717, 1.165) is 41.1 Å². The predicted octanol–water partition coefficient (Wildman–Crippen LogP) is 3.72. The van der Waals surface area contributed by atoms with E-state index in [0.29, 0.717) is 31.8 Å². The first-order chi connectivity index (χ1) is 13.2. The van der Waals surface area contributed by atoms with E-state index < -0.39 is 0 Å². The van der Waals surface area contributed by atoms with Gasteiger partial charge in [0, 0.05) is 23.5 Å². The number of fused-ring (bicyclic) bond motifs is 2. The second kappa shape index (κ2) is 8.12. The molecule has 0 saturated carbocycles. The number of thiophene rings is 1. The number of benzene rings is 1. The van der Waals surface area contributed by atoms with Crippen LogP contribution >= 0.6 is 11.3 Å². The van der Waals surface area contributed by atoms with Crippen molar-refractivity contribution < 1.29 is 9.53 Å². The van der Waals surface area contributed by atoms with Crippen molar-refractivity contribution in [2.75, 3.05) is 25.0 Å². The molecule has 6 heteroatoms. The van der Waals surface area contributed by atoms with E-state index in [1.165, 1.54) is 17.7 Å². The molecule has 0 atom stereocenters. The third-order valence-corrected chi connectivity index (χ3v) is 6.39. The second-order valence-corrected chi connectivity index (χ2v) is 8.20. The van der Waals surface area contributed by atoms with Crippen molar-refractivity contribution in [3.63, 3.8) is 0 Å². The highest BCUT2D eigenvalue weighted by Crippen LogP contribution is 2.37. The average Bonchev–Trinajstić information content (AvgIpc) is 2.83. The van der Waals surface area contributed by atoms with Gasteiger partial charge in [0.25, 0.3) is 0 Å². The van der Waals surface area contributed by atoms with Gasteiger partial charge in [-0.1, -0.05) is 24.6 Å². The number of ether oxygens (including phenoxy) is 1. The lowest BCUT2D eigenvalue weighted by Gasteiger charge is -2.18. The molecule has 2 aromatic rings. The van der Waals surface area contributed by atoms with Crippen LogP contribution in [0.3, 0.4) is 0 Å². The van der Waals surface area contributed by atoms with Gasteiger partial charge in [0.15, 0.2) is 0 Å². The van der Waals surface area contributed by atoms with Gasteiger partial charge in [-0.3, -0.25) is 9.69 Å². The van der Waals surface area contributed by atoms with E-state index in [2.05, 4.69) is 16.3 Å². The highest BCUT2D eigenvalue weighted by molar-refractivity contribution is 7.16. The summed E-state index contributed by atoms with van der Waals surface area (Å²) >= 11 is 1.59. The lowest BCUT2D eigenvalue weighted by molar-refractivity contribution is -0.117. The summed E-state index contributed by atoms with van der Waals surface area (Å²) in [5.41, 5.74) is 2.94. The van der Waals surface area contributed by atoms with Gasteiger partial charge < -0.3 is 10.1 Å². The molecule has 27 heavy (non-hydrogen) atoms. The van der Waals surface area contributed by atoms with Gasteiger partial charge in [-0.05, 0) is 37.3 Å². The van der Waals surface area contributed by atoms with E-state index in [9.17, 15) is 10.1 Å². The Morgan fingerprint density at radius 2 is 2.11 bits per heavy atom. The van der Waals surface area contributed by atoms with Crippen molar-refractivity contribution in [3.8, 4) is 11.8 Å². The lowest BCUT2D eigenvalue weighted by Crippen LogP contribution is -2.34. The van der Waals surface area contributed by atoms with Crippen LogP contribution < -0.4 is 10.1 Å². The Morgan fingerprint density at radius 1 is 1.26 bits per heavy atom. The quantitative estimate of drug-likeness (QED) is 0.823. The maximum atomic E-state index is 12.7. The standard InChI is InChI=1S/C21H23N3O2S/c22-12-17-16-7-2-1-3-9-19(16)27-21(17)23-20(25)14-24-10-11-26-18-8-5-4-6-15(18)13-24/h4-6,8H,1-3,7,9-11,13-14H2,(H,23,25). The molecule has 1 aromatic heterocycles. The van der Waals surface area contributed by atoms with Crippen molar-refractivity contribution in [3.05, 3.63) is 45.8 Å². The second-order valence-electron chi connectivity index (χ2n) is 7.10. The number of carbonyl (C=O) groups is 1. The number of para-hydroxylation sites is 1. The Balaban J connectivity index is 1.45. The number of anilines is 1. The maximum absolute atomic E-state index is 12.7. The highest BCUT2D eigenvalue weighted by Gasteiger charge is 2.22. The fourth-order valence-corrected chi connectivity index (χ4v) is 5.09. The monoisotopic (exact) mass is 381 g/mol. The Kier molecular flexibility index (Phi) is 5.42.